The Hall–Kier alpha value is -1.56. The summed E-state index contributed by atoms with van der Waals surface area (Å²) in [7, 11) is 0. The molecule has 1 rings (SSSR count). The third kappa shape index (κ3) is 3.74. The molecule has 1 aromatic carbocycles. The predicted molar refractivity (Wildman–Crippen MR) is 70.0 cm³/mol. The molecule has 0 aliphatic carbocycles. The molecule has 0 aliphatic rings. The molecule has 0 spiro atoms. The van der Waals surface area contributed by atoms with E-state index < -0.39 is 4.92 Å². The van der Waals surface area contributed by atoms with Gasteiger partial charge in [0.1, 0.15) is 12.0 Å². The lowest BCUT2D eigenvalue weighted by Gasteiger charge is -2.14. The van der Waals surface area contributed by atoms with E-state index in [2.05, 4.69) is 5.32 Å². The highest BCUT2D eigenvalue weighted by molar-refractivity contribution is 7.98. The first-order valence-electron chi connectivity index (χ1n) is 5.07. The third-order valence-corrected chi connectivity index (χ3v) is 3.01. The number of hydrogen-bond donors (Lipinski definition) is 1. The SMILES string of the molecule is CSCC(C)Nc1ccc(C=O)cc1[N+](=O)[O-]. The van der Waals surface area contributed by atoms with Gasteiger partial charge >= 0.3 is 0 Å². The van der Waals surface area contributed by atoms with Gasteiger partial charge in [-0.3, -0.25) is 14.9 Å². The number of benzene rings is 1. The molecule has 0 fully saturated rings. The molecular weight excluding hydrogens is 240 g/mol. The van der Waals surface area contributed by atoms with Gasteiger partial charge in [0.25, 0.3) is 5.69 Å². The summed E-state index contributed by atoms with van der Waals surface area (Å²) < 4.78 is 0. The Kier molecular flexibility index (Phi) is 4.96. The average molecular weight is 254 g/mol. The normalized spacial score (nSPS) is 11.9. The smallest absolute Gasteiger partial charge is 0.293 e. The predicted octanol–water partition coefficient (Wildman–Crippen LogP) is 2.57. The van der Waals surface area contributed by atoms with E-state index in [1.165, 1.54) is 6.07 Å². The van der Waals surface area contributed by atoms with E-state index in [1.807, 2.05) is 13.2 Å². The lowest BCUT2D eigenvalue weighted by molar-refractivity contribution is -0.384. The number of nitro benzene ring substituents is 1. The second-order valence-electron chi connectivity index (χ2n) is 3.65. The molecule has 1 N–H and O–H groups in total. The highest BCUT2D eigenvalue weighted by Crippen LogP contribution is 2.25. The molecule has 0 radical (unpaired) electrons. The minimum atomic E-state index is -0.485. The summed E-state index contributed by atoms with van der Waals surface area (Å²) in [5.74, 6) is 0.854. The Morgan fingerprint density at radius 3 is 2.82 bits per heavy atom. The van der Waals surface area contributed by atoms with Gasteiger partial charge in [-0.15, -0.1) is 0 Å². The van der Waals surface area contributed by atoms with E-state index in [1.54, 1.807) is 23.9 Å². The number of rotatable bonds is 6. The fourth-order valence-electron chi connectivity index (χ4n) is 1.45. The van der Waals surface area contributed by atoms with Crippen molar-refractivity contribution in [3.63, 3.8) is 0 Å². The second-order valence-corrected chi connectivity index (χ2v) is 4.56. The van der Waals surface area contributed by atoms with Gasteiger partial charge in [-0.05, 0) is 25.3 Å². The van der Waals surface area contributed by atoms with Gasteiger partial charge in [0.2, 0.25) is 0 Å². The fraction of sp³-hybridized carbons (Fsp3) is 0.364. The molecule has 1 aromatic rings. The molecule has 0 amide bonds. The monoisotopic (exact) mass is 254 g/mol. The van der Waals surface area contributed by atoms with Crippen molar-refractivity contribution in [3.8, 4) is 0 Å². The lowest BCUT2D eigenvalue weighted by atomic mass is 10.2. The van der Waals surface area contributed by atoms with E-state index in [0.29, 0.717) is 17.5 Å². The number of carbonyl (C=O) groups is 1. The molecule has 17 heavy (non-hydrogen) atoms. The maximum Gasteiger partial charge on any atom is 0.293 e. The maximum atomic E-state index is 10.9. The van der Waals surface area contributed by atoms with Crippen molar-refractivity contribution in [3.05, 3.63) is 33.9 Å². The molecule has 6 heteroatoms. The van der Waals surface area contributed by atoms with Crippen molar-refractivity contribution in [2.45, 2.75) is 13.0 Å². The molecule has 5 nitrogen and oxygen atoms in total. The van der Waals surface area contributed by atoms with Gasteiger partial charge < -0.3 is 5.32 Å². The van der Waals surface area contributed by atoms with Gasteiger partial charge in [0, 0.05) is 23.4 Å². The average Bonchev–Trinajstić information content (AvgIpc) is 2.29. The van der Waals surface area contributed by atoms with E-state index in [9.17, 15) is 14.9 Å². The number of anilines is 1. The van der Waals surface area contributed by atoms with Crippen LogP contribution in [-0.4, -0.2) is 29.3 Å². The van der Waals surface area contributed by atoms with Crippen LogP contribution < -0.4 is 5.32 Å². The number of nitro groups is 1. The van der Waals surface area contributed by atoms with Crippen molar-refractivity contribution in [2.75, 3.05) is 17.3 Å². The fourth-order valence-corrected chi connectivity index (χ4v) is 2.04. The summed E-state index contributed by atoms with van der Waals surface area (Å²) in [6, 6.07) is 4.54. The van der Waals surface area contributed by atoms with Crippen molar-refractivity contribution < 1.29 is 9.72 Å². The Morgan fingerprint density at radius 2 is 2.29 bits per heavy atom. The van der Waals surface area contributed by atoms with E-state index in [-0.39, 0.29) is 11.7 Å². The maximum absolute atomic E-state index is 10.9. The number of carbonyl (C=O) groups excluding carboxylic acids is 1. The molecular formula is C11H14N2O3S. The zero-order valence-electron chi connectivity index (χ0n) is 9.67. The Labute approximate surface area is 104 Å². The third-order valence-electron chi connectivity index (χ3n) is 2.17. The van der Waals surface area contributed by atoms with Crippen LogP contribution in [0.1, 0.15) is 17.3 Å². The topological polar surface area (TPSA) is 72.2 Å². The van der Waals surface area contributed by atoms with Crippen LogP contribution in [0.25, 0.3) is 0 Å². The summed E-state index contributed by atoms with van der Waals surface area (Å²) in [5, 5.41) is 13.9. The number of nitrogens with zero attached hydrogens (tertiary/aromatic N) is 1. The summed E-state index contributed by atoms with van der Waals surface area (Å²) in [4.78, 5) is 21.0. The van der Waals surface area contributed by atoms with E-state index in [0.717, 1.165) is 5.75 Å². The van der Waals surface area contributed by atoms with Crippen molar-refractivity contribution in [1.82, 2.24) is 0 Å². The van der Waals surface area contributed by atoms with Gasteiger partial charge in [0.15, 0.2) is 0 Å². The molecule has 92 valence electrons. The summed E-state index contributed by atoms with van der Waals surface area (Å²) in [6.45, 7) is 1.95. The zero-order valence-corrected chi connectivity index (χ0v) is 10.5. The molecule has 0 saturated carbocycles. The number of aldehydes is 1. The minimum Gasteiger partial charge on any atom is -0.376 e. The van der Waals surface area contributed by atoms with Crippen molar-refractivity contribution in [2.24, 2.45) is 0 Å². The number of hydrogen-bond acceptors (Lipinski definition) is 5. The Bertz CT molecular complexity index is 423. The van der Waals surface area contributed by atoms with Gasteiger partial charge in [-0.1, -0.05) is 0 Å². The Balaban J connectivity index is 2.98. The van der Waals surface area contributed by atoms with Crippen LogP contribution >= 0.6 is 11.8 Å². The zero-order chi connectivity index (χ0) is 12.8. The van der Waals surface area contributed by atoms with Crippen LogP contribution in [0.3, 0.4) is 0 Å². The molecule has 1 unspecified atom stereocenters. The van der Waals surface area contributed by atoms with E-state index >= 15 is 0 Å². The second kappa shape index (κ2) is 6.24. The lowest BCUT2D eigenvalue weighted by Crippen LogP contribution is -2.18. The molecule has 0 saturated heterocycles. The van der Waals surface area contributed by atoms with Crippen LogP contribution in [0, 0.1) is 10.1 Å². The van der Waals surface area contributed by atoms with Crippen LogP contribution in [0.15, 0.2) is 18.2 Å². The molecule has 0 heterocycles. The molecule has 0 aromatic heterocycles. The van der Waals surface area contributed by atoms with Crippen molar-refractivity contribution in [1.29, 1.82) is 0 Å². The molecule has 0 aliphatic heterocycles. The van der Waals surface area contributed by atoms with E-state index in [4.69, 9.17) is 0 Å². The summed E-state index contributed by atoms with van der Waals surface area (Å²) >= 11 is 1.66. The first kappa shape index (κ1) is 13.5. The number of nitrogens with one attached hydrogen (secondary N) is 1. The molecule has 1 atom stereocenters. The first-order chi connectivity index (χ1) is 8.08. The van der Waals surface area contributed by atoms with Crippen LogP contribution in [0.5, 0.6) is 0 Å². The van der Waals surface area contributed by atoms with Gasteiger partial charge in [-0.25, -0.2) is 0 Å². The first-order valence-corrected chi connectivity index (χ1v) is 6.47. The standard InChI is InChI=1S/C11H14N2O3S/c1-8(7-17-2)12-10-4-3-9(6-14)5-11(10)13(15)16/h3-6,8,12H,7H2,1-2H3. The van der Waals surface area contributed by atoms with Gasteiger partial charge in [-0.2, -0.15) is 11.8 Å². The van der Waals surface area contributed by atoms with Crippen LogP contribution in [0.4, 0.5) is 11.4 Å². The highest BCUT2D eigenvalue weighted by atomic mass is 32.2. The quantitative estimate of drug-likeness (QED) is 0.480. The summed E-state index contributed by atoms with van der Waals surface area (Å²) in [5.41, 5.74) is 0.685. The highest BCUT2D eigenvalue weighted by Gasteiger charge is 2.15. The number of thioether (sulfide) groups is 1. The molecule has 0 bridgehead atoms. The van der Waals surface area contributed by atoms with Crippen molar-refractivity contribution >= 4 is 29.4 Å². The van der Waals surface area contributed by atoms with Crippen LogP contribution in [0.2, 0.25) is 0 Å². The van der Waals surface area contributed by atoms with Gasteiger partial charge in [0.05, 0.1) is 4.92 Å². The minimum absolute atomic E-state index is 0.0671. The Morgan fingerprint density at radius 1 is 1.59 bits per heavy atom. The van der Waals surface area contributed by atoms with Crippen LogP contribution in [-0.2, 0) is 0 Å². The largest absolute Gasteiger partial charge is 0.376 e. The summed E-state index contributed by atoms with van der Waals surface area (Å²) in [6.07, 6.45) is 2.57.